The van der Waals surface area contributed by atoms with Crippen molar-refractivity contribution in [2.24, 2.45) is 5.10 Å². The van der Waals surface area contributed by atoms with Crippen molar-refractivity contribution in [3.05, 3.63) is 81.8 Å². The summed E-state index contributed by atoms with van der Waals surface area (Å²) in [5.74, 6) is 0.836. The van der Waals surface area contributed by atoms with E-state index in [-0.39, 0.29) is 5.75 Å². The summed E-state index contributed by atoms with van der Waals surface area (Å²) in [6.07, 6.45) is 1.46. The predicted octanol–water partition coefficient (Wildman–Crippen LogP) is 4.21. The van der Waals surface area contributed by atoms with Crippen LogP contribution in [0.15, 0.2) is 70.2 Å². The summed E-state index contributed by atoms with van der Waals surface area (Å²) in [6, 6.07) is 16.7. The summed E-state index contributed by atoms with van der Waals surface area (Å²) in [5, 5.41) is 3.99. The second kappa shape index (κ2) is 10.2. The van der Waals surface area contributed by atoms with Gasteiger partial charge in [0, 0.05) is 10.0 Å². The van der Waals surface area contributed by atoms with Crippen molar-refractivity contribution < 1.29 is 28.5 Å². The highest BCUT2D eigenvalue weighted by Gasteiger charge is 2.15. The lowest BCUT2D eigenvalue weighted by atomic mass is 10.2. The number of hydrogen-bond donors (Lipinski definition) is 1. The molecule has 3 aromatic carbocycles. The number of rotatable bonds is 6. The molecule has 0 atom stereocenters. The van der Waals surface area contributed by atoms with E-state index in [1.54, 1.807) is 54.6 Å². The van der Waals surface area contributed by atoms with Crippen LogP contribution in [0.1, 0.15) is 26.3 Å². The van der Waals surface area contributed by atoms with Crippen LogP contribution in [0.5, 0.6) is 23.0 Å². The number of carbonyl (C=O) groups is 2. The van der Waals surface area contributed by atoms with Crippen molar-refractivity contribution in [3.8, 4) is 23.0 Å². The highest BCUT2D eigenvalue weighted by Crippen LogP contribution is 2.31. The number of benzene rings is 3. The number of nitrogens with zero attached hydrogens (tertiary/aromatic N) is 1. The van der Waals surface area contributed by atoms with Crippen LogP contribution in [0.25, 0.3) is 0 Å². The number of esters is 1. The van der Waals surface area contributed by atoms with Crippen LogP contribution in [-0.2, 0) is 0 Å². The summed E-state index contributed by atoms with van der Waals surface area (Å²) >= 11 is 3.33. The number of fused-ring (bicyclic) bond motifs is 1. The molecule has 0 aliphatic carbocycles. The fraction of sp³-hybridized carbons (Fsp3) is 0.125. The zero-order valence-electron chi connectivity index (χ0n) is 17.5. The maximum Gasteiger partial charge on any atom is 0.343 e. The molecule has 0 bridgehead atoms. The third kappa shape index (κ3) is 5.50. The lowest BCUT2D eigenvalue weighted by Crippen LogP contribution is -2.19. The van der Waals surface area contributed by atoms with Gasteiger partial charge in [-0.05, 0) is 60.2 Å². The fourth-order valence-electron chi connectivity index (χ4n) is 3.04. The van der Waals surface area contributed by atoms with E-state index >= 15 is 0 Å². The molecular weight excluding hydrogens is 492 g/mol. The summed E-state index contributed by atoms with van der Waals surface area (Å²) in [4.78, 5) is 24.8. The van der Waals surface area contributed by atoms with Crippen molar-refractivity contribution in [1.29, 1.82) is 0 Å². The number of hydrogen-bond acceptors (Lipinski definition) is 7. The van der Waals surface area contributed by atoms with Gasteiger partial charge in [-0.3, -0.25) is 4.79 Å². The van der Waals surface area contributed by atoms with Gasteiger partial charge in [-0.15, -0.1) is 0 Å². The topological polar surface area (TPSA) is 95.5 Å². The molecular formula is C24H19BrN2O6. The Hall–Kier alpha value is -3.85. The third-order valence-electron chi connectivity index (χ3n) is 4.63. The summed E-state index contributed by atoms with van der Waals surface area (Å²) in [7, 11) is 1.47. The summed E-state index contributed by atoms with van der Waals surface area (Å²) in [5.41, 5.74) is 3.90. The van der Waals surface area contributed by atoms with Crippen LogP contribution in [-0.4, -0.2) is 38.4 Å². The van der Waals surface area contributed by atoms with E-state index in [4.69, 9.17) is 18.9 Å². The van der Waals surface area contributed by atoms with Gasteiger partial charge in [-0.25, -0.2) is 10.2 Å². The number of ether oxygens (including phenoxy) is 4. The molecule has 33 heavy (non-hydrogen) atoms. The Bertz CT molecular complexity index is 1230. The van der Waals surface area contributed by atoms with Crippen LogP contribution in [0.4, 0.5) is 0 Å². The van der Waals surface area contributed by atoms with Crippen molar-refractivity contribution >= 4 is 34.0 Å². The second-order valence-electron chi connectivity index (χ2n) is 6.87. The summed E-state index contributed by atoms with van der Waals surface area (Å²) in [6.45, 7) is 0.917. The van der Waals surface area contributed by atoms with Gasteiger partial charge >= 0.3 is 5.97 Å². The van der Waals surface area contributed by atoms with Crippen LogP contribution in [0.3, 0.4) is 0 Å². The maximum atomic E-state index is 12.4. The standard InChI is InChI=1S/C24H19BrN2O6/c1-30-21-11-15(5-7-20(21)33-24(29)17-3-2-4-18(25)12-17)14-26-27-23(28)16-6-8-19-22(13-16)32-10-9-31-19/h2-8,11-14H,9-10H2,1H3,(H,27,28)/b26-14-. The van der Waals surface area contributed by atoms with Crippen molar-refractivity contribution in [2.45, 2.75) is 0 Å². The quantitative estimate of drug-likeness (QED) is 0.231. The Morgan fingerprint density at radius 1 is 0.970 bits per heavy atom. The molecule has 0 aromatic heterocycles. The first kappa shape index (κ1) is 22.3. The number of amides is 1. The molecule has 0 radical (unpaired) electrons. The van der Waals surface area contributed by atoms with Gasteiger partial charge in [-0.1, -0.05) is 22.0 Å². The smallest absolute Gasteiger partial charge is 0.343 e. The molecule has 0 unspecified atom stereocenters. The Morgan fingerprint density at radius 2 is 1.79 bits per heavy atom. The van der Waals surface area contributed by atoms with Crippen LogP contribution in [0, 0.1) is 0 Å². The third-order valence-corrected chi connectivity index (χ3v) is 5.13. The molecule has 3 aromatic rings. The Kier molecular flexibility index (Phi) is 6.89. The van der Waals surface area contributed by atoms with Gasteiger partial charge in [0.2, 0.25) is 0 Å². The van der Waals surface area contributed by atoms with Gasteiger partial charge in [0.25, 0.3) is 5.91 Å². The van der Waals surface area contributed by atoms with Crippen LogP contribution < -0.4 is 24.4 Å². The Labute approximate surface area is 198 Å². The monoisotopic (exact) mass is 510 g/mol. The van der Waals surface area contributed by atoms with E-state index in [1.807, 2.05) is 6.07 Å². The average Bonchev–Trinajstić information content (AvgIpc) is 2.84. The predicted molar refractivity (Wildman–Crippen MR) is 125 cm³/mol. The fourth-order valence-corrected chi connectivity index (χ4v) is 3.44. The highest BCUT2D eigenvalue weighted by atomic mass is 79.9. The molecule has 8 nitrogen and oxygen atoms in total. The molecule has 0 spiro atoms. The lowest BCUT2D eigenvalue weighted by molar-refractivity contribution is 0.0729. The van der Waals surface area contributed by atoms with Crippen LogP contribution in [0.2, 0.25) is 0 Å². The van der Waals surface area contributed by atoms with Gasteiger partial charge in [0.1, 0.15) is 13.2 Å². The number of hydrazone groups is 1. The first-order valence-corrected chi connectivity index (χ1v) is 10.7. The molecule has 0 saturated carbocycles. The molecule has 168 valence electrons. The van der Waals surface area contributed by atoms with Gasteiger partial charge < -0.3 is 18.9 Å². The van der Waals surface area contributed by atoms with E-state index in [1.165, 1.54) is 13.3 Å². The number of carbonyl (C=O) groups excluding carboxylic acids is 2. The summed E-state index contributed by atoms with van der Waals surface area (Å²) < 4.78 is 22.5. The van der Waals surface area contributed by atoms with Gasteiger partial charge in [0.05, 0.1) is 18.9 Å². The van der Waals surface area contributed by atoms with E-state index in [2.05, 4.69) is 26.5 Å². The molecule has 0 saturated heterocycles. The maximum absolute atomic E-state index is 12.4. The van der Waals surface area contributed by atoms with E-state index in [9.17, 15) is 9.59 Å². The average molecular weight is 511 g/mol. The van der Waals surface area contributed by atoms with Gasteiger partial charge in [-0.2, -0.15) is 5.10 Å². The molecule has 9 heteroatoms. The van der Waals surface area contributed by atoms with Crippen molar-refractivity contribution in [1.82, 2.24) is 5.43 Å². The SMILES string of the molecule is COc1cc(/C=N\NC(=O)c2ccc3c(c2)OCCO3)ccc1OC(=O)c1cccc(Br)c1. The zero-order chi connectivity index (χ0) is 23.2. The Morgan fingerprint density at radius 3 is 2.58 bits per heavy atom. The molecule has 1 aliphatic heterocycles. The molecule has 4 rings (SSSR count). The minimum absolute atomic E-state index is 0.264. The van der Waals surface area contributed by atoms with Gasteiger partial charge in [0.15, 0.2) is 23.0 Å². The van der Waals surface area contributed by atoms with Crippen molar-refractivity contribution in [2.75, 3.05) is 20.3 Å². The minimum atomic E-state index is -0.511. The lowest BCUT2D eigenvalue weighted by Gasteiger charge is -2.18. The molecule has 0 fully saturated rings. The molecule has 1 amide bonds. The highest BCUT2D eigenvalue weighted by molar-refractivity contribution is 9.10. The minimum Gasteiger partial charge on any atom is -0.493 e. The number of nitrogens with one attached hydrogen (secondary N) is 1. The van der Waals surface area contributed by atoms with E-state index < -0.39 is 11.9 Å². The Balaban J connectivity index is 1.41. The first-order valence-electron chi connectivity index (χ1n) is 9.92. The van der Waals surface area contributed by atoms with E-state index in [0.29, 0.717) is 47.2 Å². The number of halogens is 1. The van der Waals surface area contributed by atoms with Crippen LogP contribution >= 0.6 is 15.9 Å². The molecule has 1 heterocycles. The molecule has 1 aliphatic rings. The van der Waals surface area contributed by atoms with E-state index in [0.717, 1.165) is 4.47 Å². The zero-order valence-corrected chi connectivity index (χ0v) is 19.1. The number of methoxy groups -OCH3 is 1. The first-order chi connectivity index (χ1) is 16.0. The normalized spacial score (nSPS) is 12.3. The molecule has 1 N–H and O–H groups in total. The second-order valence-corrected chi connectivity index (χ2v) is 7.78. The largest absolute Gasteiger partial charge is 0.493 e. The van der Waals surface area contributed by atoms with Crippen molar-refractivity contribution in [3.63, 3.8) is 0 Å².